The molecule has 0 aliphatic heterocycles. The quantitative estimate of drug-likeness (QED) is 0.514. The zero-order chi connectivity index (χ0) is 8.58. The molecule has 0 bridgehead atoms. The lowest BCUT2D eigenvalue weighted by molar-refractivity contribution is -0.237. The van der Waals surface area contributed by atoms with Crippen molar-refractivity contribution in [2.45, 2.75) is 32.6 Å². The maximum absolute atomic E-state index is 12.6. The molecule has 0 amide bonds. The normalized spacial score (nSPS) is 19.2. The van der Waals surface area contributed by atoms with Gasteiger partial charge in [0, 0.05) is 0 Å². The van der Waals surface area contributed by atoms with Crippen molar-refractivity contribution in [3.05, 3.63) is 0 Å². The molecule has 0 aromatic carbocycles. The third kappa shape index (κ3) is 1.61. The van der Waals surface area contributed by atoms with Crippen molar-refractivity contribution < 1.29 is 17.6 Å². The standard InChI is InChI=1S/C6H10F4/c1-4(2)5(3,7)6(8,9)10/h4H,1-3H3/t5-/m0/s1. The number of hydrogen-bond donors (Lipinski definition) is 0. The van der Waals surface area contributed by atoms with Gasteiger partial charge in [0.05, 0.1) is 0 Å². The molecule has 10 heavy (non-hydrogen) atoms. The fourth-order valence-corrected chi connectivity index (χ4v) is 0.327. The number of hydrogen-bond acceptors (Lipinski definition) is 0. The van der Waals surface area contributed by atoms with Gasteiger partial charge in [-0.3, -0.25) is 0 Å². The Hall–Kier alpha value is -0.280. The van der Waals surface area contributed by atoms with Crippen LogP contribution >= 0.6 is 0 Å². The lowest BCUT2D eigenvalue weighted by Crippen LogP contribution is -2.42. The Morgan fingerprint density at radius 1 is 1.00 bits per heavy atom. The van der Waals surface area contributed by atoms with E-state index in [0.717, 1.165) is 0 Å². The molecular weight excluding hydrogens is 148 g/mol. The summed E-state index contributed by atoms with van der Waals surface area (Å²) in [4.78, 5) is 0. The minimum Gasteiger partial charge on any atom is -0.234 e. The summed E-state index contributed by atoms with van der Waals surface area (Å²) in [6.07, 6.45) is -4.75. The maximum atomic E-state index is 12.6. The van der Waals surface area contributed by atoms with E-state index >= 15 is 0 Å². The molecule has 0 N–H and O–H groups in total. The van der Waals surface area contributed by atoms with Crippen LogP contribution in [0.1, 0.15) is 20.8 Å². The molecule has 0 unspecified atom stereocenters. The Morgan fingerprint density at radius 3 is 1.30 bits per heavy atom. The molecule has 0 aromatic heterocycles. The van der Waals surface area contributed by atoms with Gasteiger partial charge in [-0.05, 0) is 12.8 Å². The van der Waals surface area contributed by atoms with Crippen LogP contribution in [0, 0.1) is 5.92 Å². The Morgan fingerprint density at radius 2 is 1.30 bits per heavy atom. The minimum atomic E-state index is -4.75. The van der Waals surface area contributed by atoms with Crippen LogP contribution in [0.3, 0.4) is 0 Å². The van der Waals surface area contributed by atoms with E-state index in [0.29, 0.717) is 6.92 Å². The summed E-state index contributed by atoms with van der Waals surface area (Å²) in [5, 5.41) is 0. The molecule has 0 nitrogen and oxygen atoms in total. The van der Waals surface area contributed by atoms with E-state index in [1.807, 2.05) is 0 Å². The summed E-state index contributed by atoms with van der Waals surface area (Å²) in [5.41, 5.74) is -3.06. The van der Waals surface area contributed by atoms with Crippen molar-refractivity contribution in [2.24, 2.45) is 5.92 Å². The molecule has 0 radical (unpaired) electrons. The zero-order valence-corrected chi connectivity index (χ0v) is 6.09. The average molecular weight is 158 g/mol. The summed E-state index contributed by atoms with van der Waals surface area (Å²) in [6.45, 7) is 2.96. The van der Waals surface area contributed by atoms with Gasteiger partial charge in [0.15, 0.2) is 0 Å². The predicted octanol–water partition coefficient (Wildman–Crippen LogP) is 2.93. The fourth-order valence-electron chi connectivity index (χ4n) is 0.327. The van der Waals surface area contributed by atoms with E-state index in [1.54, 1.807) is 0 Å². The third-order valence-electron chi connectivity index (χ3n) is 1.64. The monoisotopic (exact) mass is 158 g/mol. The highest BCUT2D eigenvalue weighted by atomic mass is 19.4. The first kappa shape index (κ1) is 9.72. The van der Waals surface area contributed by atoms with Gasteiger partial charge in [0.2, 0.25) is 5.67 Å². The summed E-state index contributed by atoms with van der Waals surface area (Å²) in [6, 6.07) is 0. The van der Waals surface area contributed by atoms with Crippen molar-refractivity contribution >= 4 is 0 Å². The van der Waals surface area contributed by atoms with Crippen LogP contribution in [0.5, 0.6) is 0 Å². The molecule has 0 aliphatic rings. The van der Waals surface area contributed by atoms with Crippen LogP contribution < -0.4 is 0 Å². The van der Waals surface area contributed by atoms with Gasteiger partial charge in [-0.25, -0.2) is 4.39 Å². The van der Waals surface area contributed by atoms with E-state index in [2.05, 4.69) is 0 Å². The molecule has 0 saturated carbocycles. The summed E-state index contributed by atoms with van der Waals surface area (Å²) in [7, 11) is 0. The van der Waals surface area contributed by atoms with Crippen molar-refractivity contribution in [3.63, 3.8) is 0 Å². The second kappa shape index (κ2) is 2.40. The molecule has 0 spiro atoms. The van der Waals surface area contributed by atoms with Gasteiger partial charge < -0.3 is 0 Å². The fraction of sp³-hybridized carbons (Fsp3) is 1.00. The van der Waals surface area contributed by atoms with Gasteiger partial charge >= 0.3 is 6.18 Å². The van der Waals surface area contributed by atoms with Gasteiger partial charge in [0.1, 0.15) is 0 Å². The van der Waals surface area contributed by atoms with Crippen LogP contribution in [-0.2, 0) is 0 Å². The average Bonchev–Trinajstić information content (AvgIpc) is 1.62. The van der Waals surface area contributed by atoms with E-state index < -0.39 is 17.8 Å². The van der Waals surface area contributed by atoms with Crippen LogP contribution in [0.15, 0.2) is 0 Å². The van der Waals surface area contributed by atoms with Gasteiger partial charge in [-0.2, -0.15) is 13.2 Å². The van der Waals surface area contributed by atoms with Gasteiger partial charge in [0.25, 0.3) is 0 Å². The molecule has 4 heteroatoms. The first-order valence-corrected chi connectivity index (χ1v) is 2.95. The van der Waals surface area contributed by atoms with Crippen molar-refractivity contribution in [2.75, 3.05) is 0 Å². The molecule has 0 saturated heterocycles. The first-order chi connectivity index (χ1) is 4.19. The third-order valence-corrected chi connectivity index (χ3v) is 1.64. The summed E-state index contributed by atoms with van der Waals surface area (Å²) in [5.74, 6) is -1.03. The van der Waals surface area contributed by atoms with E-state index in [4.69, 9.17) is 0 Å². The maximum Gasteiger partial charge on any atom is 0.422 e. The first-order valence-electron chi connectivity index (χ1n) is 2.95. The SMILES string of the molecule is CC(C)[C@](C)(F)C(F)(F)F. The van der Waals surface area contributed by atoms with Crippen molar-refractivity contribution in [1.29, 1.82) is 0 Å². The van der Waals surface area contributed by atoms with Gasteiger partial charge in [-0.1, -0.05) is 13.8 Å². The van der Waals surface area contributed by atoms with Crippen LogP contribution in [0.2, 0.25) is 0 Å². The number of alkyl halides is 4. The highest BCUT2D eigenvalue weighted by molar-refractivity contribution is 4.84. The zero-order valence-electron chi connectivity index (χ0n) is 6.09. The van der Waals surface area contributed by atoms with Crippen molar-refractivity contribution in [1.82, 2.24) is 0 Å². The van der Waals surface area contributed by atoms with Gasteiger partial charge in [-0.15, -0.1) is 0 Å². The molecule has 0 fully saturated rings. The molecule has 0 rings (SSSR count). The molecule has 0 heterocycles. The molecule has 0 aromatic rings. The largest absolute Gasteiger partial charge is 0.422 e. The Balaban J connectivity index is 4.40. The lowest BCUT2D eigenvalue weighted by atomic mass is 9.94. The van der Waals surface area contributed by atoms with Crippen LogP contribution in [-0.4, -0.2) is 11.8 Å². The summed E-state index contributed by atoms with van der Waals surface area (Å²) < 4.78 is 47.7. The summed E-state index contributed by atoms with van der Waals surface area (Å²) >= 11 is 0. The smallest absolute Gasteiger partial charge is 0.234 e. The molecule has 1 atom stereocenters. The Bertz CT molecular complexity index is 111. The van der Waals surface area contributed by atoms with Crippen LogP contribution in [0.25, 0.3) is 0 Å². The van der Waals surface area contributed by atoms with E-state index in [1.165, 1.54) is 13.8 Å². The van der Waals surface area contributed by atoms with Crippen molar-refractivity contribution in [3.8, 4) is 0 Å². The predicted molar refractivity (Wildman–Crippen MR) is 30.4 cm³/mol. The second-order valence-corrected chi connectivity index (χ2v) is 2.73. The highest BCUT2D eigenvalue weighted by Gasteiger charge is 2.53. The Labute approximate surface area is 57.2 Å². The van der Waals surface area contributed by atoms with Crippen LogP contribution in [0.4, 0.5) is 17.6 Å². The number of halogens is 4. The Kier molecular flexibility index (Phi) is 2.33. The lowest BCUT2D eigenvalue weighted by Gasteiger charge is -2.26. The minimum absolute atomic E-state index is 0.553. The molecule has 62 valence electrons. The van der Waals surface area contributed by atoms with E-state index in [-0.39, 0.29) is 0 Å². The topological polar surface area (TPSA) is 0 Å². The highest BCUT2D eigenvalue weighted by Crippen LogP contribution is 2.38. The molecular formula is C6H10F4. The number of rotatable bonds is 1. The van der Waals surface area contributed by atoms with E-state index in [9.17, 15) is 17.6 Å². The molecule has 0 aliphatic carbocycles. The second-order valence-electron chi connectivity index (χ2n) is 2.73.